The average molecular weight is 452 g/mol. The molecule has 4 rings (SSSR count). The quantitative estimate of drug-likeness (QED) is 0.507. The largest absolute Gasteiger partial charge is 0.346 e. The zero-order valence-corrected chi connectivity index (χ0v) is 18.9. The number of benzene rings is 3. The molecular formula is C26H27F2N3S. The Labute approximate surface area is 193 Å². The van der Waals surface area contributed by atoms with Crippen LogP contribution in [0.2, 0.25) is 0 Å². The van der Waals surface area contributed by atoms with E-state index in [0.717, 1.165) is 54.5 Å². The van der Waals surface area contributed by atoms with E-state index in [1.165, 1.54) is 29.8 Å². The molecule has 0 saturated carbocycles. The molecule has 6 heteroatoms. The number of nitrogens with zero attached hydrogens (tertiary/aromatic N) is 2. The summed E-state index contributed by atoms with van der Waals surface area (Å²) in [7, 11) is 0. The third kappa shape index (κ3) is 5.14. The molecule has 1 heterocycles. The number of rotatable bonds is 5. The Morgan fingerprint density at radius 3 is 1.91 bits per heavy atom. The summed E-state index contributed by atoms with van der Waals surface area (Å²) in [4.78, 5) is 4.53. The maximum atomic E-state index is 13.5. The van der Waals surface area contributed by atoms with Gasteiger partial charge in [0.25, 0.3) is 0 Å². The third-order valence-electron chi connectivity index (χ3n) is 5.98. The Hall–Kier alpha value is -2.83. The van der Waals surface area contributed by atoms with Crippen LogP contribution < -0.4 is 5.32 Å². The van der Waals surface area contributed by atoms with E-state index in [1.807, 2.05) is 36.4 Å². The van der Waals surface area contributed by atoms with Crippen molar-refractivity contribution in [2.75, 3.05) is 31.5 Å². The number of anilines is 1. The van der Waals surface area contributed by atoms with Crippen LogP contribution in [0.25, 0.3) is 0 Å². The lowest BCUT2D eigenvalue weighted by molar-refractivity contribution is 0.151. The van der Waals surface area contributed by atoms with Crippen molar-refractivity contribution in [2.45, 2.75) is 19.4 Å². The van der Waals surface area contributed by atoms with Gasteiger partial charge >= 0.3 is 0 Å². The van der Waals surface area contributed by atoms with Gasteiger partial charge in [0.1, 0.15) is 11.6 Å². The zero-order chi connectivity index (χ0) is 22.5. The number of hydrogen-bond donors (Lipinski definition) is 1. The Kier molecular flexibility index (Phi) is 7.12. The first-order chi connectivity index (χ1) is 15.5. The minimum absolute atomic E-state index is 0.0688. The van der Waals surface area contributed by atoms with Gasteiger partial charge in [0.05, 0.1) is 6.04 Å². The summed E-state index contributed by atoms with van der Waals surface area (Å²) in [5.74, 6) is -0.527. The summed E-state index contributed by atoms with van der Waals surface area (Å²) in [6, 6.07) is 21.3. The molecule has 1 aliphatic heterocycles. The Bertz CT molecular complexity index is 1000. The van der Waals surface area contributed by atoms with Crippen molar-refractivity contribution in [1.82, 2.24) is 9.80 Å². The molecule has 1 saturated heterocycles. The van der Waals surface area contributed by atoms with Gasteiger partial charge in [0, 0.05) is 31.9 Å². The van der Waals surface area contributed by atoms with Gasteiger partial charge < -0.3 is 10.2 Å². The van der Waals surface area contributed by atoms with Crippen molar-refractivity contribution in [1.29, 1.82) is 0 Å². The predicted octanol–water partition coefficient (Wildman–Crippen LogP) is 5.63. The first-order valence-corrected chi connectivity index (χ1v) is 11.3. The van der Waals surface area contributed by atoms with Gasteiger partial charge in [-0.05, 0) is 65.7 Å². The third-order valence-corrected chi connectivity index (χ3v) is 6.34. The maximum absolute atomic E-state index is 13.5. The number of aryl methyl sites for hydroxylation is 1. The predicted molar refractivity (Wildman–Crippen MR) is 130 cm³/mol. The molecule has 0 radical (unpaired) electrons. The van der Waals surface area contributed by atoms with Crippen LogP contribution in [0.1, 0.15) is 29.7 Å². The monoisotopic (exact) mass is 451 g/mol. The highest BCUT2D eigenvalue weighted by atomic mass is 32.1. The van der Waals surface area contributed by atoms with Crippen LogP contribution in [-0.4, -0.2) is 41.1 Å². The number of hydrogen-bond acceptors (Lipinski definition) is 2. The van der Waals surface area contributed by atoms with Gasteiger partial charge in [0.15, 0.2) is 5.11 Å². The van der Waals surface area contributed by atoms with Gasteiger partial charge in [0.2, 0.25) is 0 Å². The van der Waals surface area contributed by atoms with Crippen LogP contribution in [0.15, 0.2) is 72.8 Å². The fraction of sp³-hybridized carbons (Fsp3) is 0.269. The van der Waals surface area contributed by atoms with Gasteiger partial charge in [-0.3, -0.25) is 4.90 Å². The molecule has 1 N–H and O–H groups in total. The molecule has 3 aromatic carbocycles. The van der Waals surface area contributed by atoms with E-state index >= 15 is 0 Å². The number of halogens is 2. The molecule has 3 aromatic rings. The van der Waals surface area contributed by atoms with Crippen molar-refractivity contribution in [3.63, 3.8) is 0 Å². The van der Waals surface area contributed by atoms with Crippen molar-refractivity contribution in [3.05, 3.63) is 101 Å². The van der Waals surface area contributed by atoms with Gasteiger partial charge in [-0.1, -0.05) is 49.4 Å². The van der Waals surface area contributed by atoms with E-state index in [4.69, 9.17) is 12.2 Å². The molecule has 32 heavy (non-hydrogen) atoms. The van der Waals surface area contributed by atoms with Gasteiger partial charge in [-0.15, -0.1) is 0 Å². The molecule has 166 valence electrons. The van der Waals surface area contributed by atoms with E-state index in [2.05, 4.69) is 34.2 Å². The zero-order valence-electron chi connectivity index (χ0n) is 18.1. The van der Waals surface area contributed by atoms with Crippen LogP contribution in [0, 0.1) is 11.6 Å². The van der Waals surface area contributed by atoms with E-state index in [1.54, 1.807) is 0 Å². The molecule has 1 fully saturated rings. The normalized spacial score (nSPS) is 14.6. The number of nitrogens with one attached hydrogen (secondary N) is 1. The number of para-hydroxylation sites is 1. The second-order valence-corrected chi connectivity index (χ2v) is 8.36. The Balaban J connectivity index is 1.48. The van der Waals surface area contributed by atoms with Gasteiger partial charge in [-0.25, -0.2) is 8.78 Å². The van der Waals surface area contributed by atoms with Gasteiger partial charge in [-0.2, -0.15) is 0 Å². The van der Waals surface area contributed by atoms with Crippen LogP contribution in [0.5, 0.6) is 0 Å². The summed E-state index contributed by atoms with van der Waals surface area (Å²) < 4.78 is 27.1. The molecule has 0 aromatic heterocycles. The van der Waals surface area contributed by atoms with Crippen molar-refractivity contribution < 1.29 is 8.78 Å². The Morgan fingerprint density at radius 2 is 1.38 bits per heavy atom. The molecule has 0 aliphatic carbocycles. The lowest BCUT2D eigenvalue weighted by Gasteiger charge is -2.40. The second kappa shape index (κ2) is 10.2. The second-order valence-electron chi connectivity index (χ2n) is 7.97. The van der Waals surface area contributed by atoms with Crippen molar-refractivity contribution in [3.8, 4) is 0 Å². The maximum Gasteiger partial charge on any atom is 0.173 e. The fourth-order valence-corrected chi connectivity index (χ4v) is 4.52. The van der Waals surface area contributed by atoms with Crippen LogP contribution in [-0.2, 0) is 6.42 Å². The molecule has 0 spiro atoms. The summed E-state index contributed by atoms with van der Waals surface area (Å²) in [6.45, 7) is 5.26. The highest BCUT2D eigenvalue weighted by molar-refractivity contribution is 7.80. The van der Waals surface area contributed by atoms with Crippen LogP contribution >= 0.6 is 12.2 Å². The van der Waals surface area contributed by atoms with E-state index in [0.29, 0.717) is 0 Å². The minimum atomic E-state index is -0.264. The lowest BCUT2D eigenvalue weighted by atomic mass is 9.96. The smallest absolute Gasteiger partial charge is 0.173 e. The molecule has 3 nitrogen and oxygen atoms in total. The molecule has 0 unspecified atom stereocenters. The molecule has 0 amide bonds. The van der Waals surface area contributed by atoms with Crippen LogP contribution in [0.4, 0.5) is 14.5 Å². The first kappa shape index (κ1) is 22.4. The molecule has 0 atom stereocenters. The van der Waals surface area contributed by atoms with E-state index in [9.17, 15) is 8.78 Å². The summed E-state index contributed by atoms with van der Waals surface area (Å²) >= 11 is 5.70. The minimum Gasteiger partial charge on any atom is -0.346 e. The molecule has 0 bridgehead atoms. The highest BCUT2D eigenvalue weighted by Gasteiger charge is 2.27. The van der Waals surface area contributed by atoms with E-state index < -0.39 is 0 Å². The fourth-order valence-electron chi connectivity index (χ4n) is 4.23. The SMILES string of the molecule is CCc1ccccc1NC(=S)N1CCN(C(c2ccc(F)cc2)c2ccc(F)cc2)CC1. The molecule has 1 aliphatic rings. The first-order valence-electron chi connectivity index (χ1n) is 10.9. The summed E-state index contributed by atoms with van der Waals surface area (Å²) in [6.07, 6.45) is 0.941. The van der Waals surface area contributed by atoms with Crippen molar-refractivity contribution >= 4 is 23.0 Å². The van der Waals surface area contributed by atoms with E-state index in [-0.39, 0.29) is 17.7 Å². The number of piperazine rings is 1. The lowest BCUT2D eigenvalue weighted by Crippen LogP contribution is -2.51. The van der Waals surface area contributed by atoms with Crippen LogP contribution in [0.3, 0.4) is 0 Å². The standard InChI is InChI=1S/C26H27F2N3S/c1-2-19-5-3-4-6-24(19)29-26(32)31-17-15-30(16-18-31)25(20-7-11-22(27)12-8-20)21-9-13-23(28)14-10-21/h3-14,25H,2,15-18H2,1H3,(H,29,32). The highest BCUT2D eigenvalue weighted by Crippen LogP contribution is 2.30. The molecular weight excluding hydrogens is 424 g/mol. The van der Waals surface area contributed by atoms with Crippen molar-refractivity contribution in [2.24, 2.45) is 0 Å². The number of thiocarbonyl (C=S) groups is 1. The topological polar surface area (TPSA) is 18.5 Å². The summed E-state index contributed by atoms with van der Waals surface area (Å²) in [5.41, 5.74) is 4.27. The summed E-state index contributed by atoms with van der Waals surface area (Å²) in [5, 5.41) is 4.13. The average Bonchev–Trinajstić information content (AvgIpc) is 2.82. The Morgan fingerprint density at radius 1 is 0.844 bits per heavy atom.